The Bertz CT molecular complexity index is 265. The van der Waals surface area contributed by atoms with Crippen LogP contribution in [0.15, 0.2) is 0 Å². The number of hydrogen-bond donors (Lipinski definition) is 1. The average molecular weight is 267 g/mol. The Morgan fingerprint density at radius 2 is 1.79 bits per heavy atom. The first-order valence-electron chi connectivity index (χ1n) is 8.34. The molecule has 4 atom stereocenters. The zero-order valence-corrected chi connectivity index (χ0v) is 13.4. The number of nitrogens with one attached hydrogen (secondary N) is 1. The molecule has 2 heteroatoms. The molecule has 2 aliphatic rings. The van der Waals surface area contributed by atoms with Gasteiger partial charge in [-0.1, -0.05) is 27.2 Å². The molecule has 19 heavy (non-hydrogen) atoms. The van der Waals surface area contributed by atoms with Gasteiger partial charge in [0, 0.05) is 18.7 Å². The van der Waals surface area contributed by atoms with Crippen molar-refractivity contribution in [3.8, 4) is 0 Å². The maximum absolute atomic E-state index is 5.80. The van der Waals surface area contributed by atoms with Crippen LogP contribution < -0.4 is 5.32 Å². The SMILES string of the molecule is CC(NC1CCCC(C(C)(C)C)CC1)C1CCCO1. The first kappa shape index (κ1) is 15.3. The van der Waals surface area contributed by atoms with Gasteiger partial charge in [-0.3, -0.25) is 0 Å². The van der Waals surface area contributed by atoms with Gasteiger partial charge in [-0.05, 0) is 56.8 Å². The molecule has 1 saturated carbocycles. The number of rotatable bonds is 3. The zero-order chi connectivity index (χ0) is 13.9. The summed E-state index contributed by atoms with van der Waals surface area (Å²) in [5.74, 6) is 0.900. The van der Waals surface area contributed by atoms with E-state index in [-0.39, 0.29) is 0 Å². The lowest BCUT2D eigenvalue weighted by Crippen LogP contribution is -2.43. The van der Waals surface area contributed by atoms with Crippen LogP contribution in [0.1, 0.15) is 72.6 Å². The predicted octanol–water partition coefficient (Wildman–Crippen LogP) is 4.14. The zero-order valence-electron chi connectivity index (χ0n) is 13.4. The molecule has 4 unspecified atom stereocenters. The molecule has 2 nitrogen and oxygen atoms in total. The standard InChI is InChI=1S/C17H33NO/c1-13(16-9-6-12-19-16)18-15-8-5-7-14(10-11-15)17(2,3)4/h13-16,18H,5-12H2,1-4H3. The molecule has 2 rings (SSSR count). The summed E-state index contributed by atoms with van der Waals surface area (Å²) in [5.41, 5.74) is 0.481. The van der Waals surface area contributed by atoms with E-state index in [9.17, 15) is 0 Å². The highest BCUT2D eigenvalue weighted by atomic mass is 16.5. The van der Waals surface area contributed by atoms with Crippen molar-refractivity contribution in [3.05, 3.63) is 0 Å². The van der Waals surface area contributed by atoms with Crippen LogP contribution in [0.4, 0.5) is 0 Å². The summed E-state index contributed by atoms with van der Waals surface area (Å²) >= 11 is 0. The Morgan fingerprint density at radius 1 is 1.00 bits per heavy atom. The third-order valence-electron chi connectivity index (χ3n) is 5.21. The van der Waals surface area contributed by atoms with Gasteiger partial charge in [-0.2, -0.15) is 0 Å². The molecule has 1 aliphatic carbocycles. The predicted molar refractivity (Wildman–Crippen MR) is 81.4 cm³/mol. The Balaban J connectivity index is 1.79. The van der Waals surface area contributed by atoms with Crippen LogP contribution in [0.5, 0.6) is 0 Å². The normalized spacial score (nSPS) is 35.1. The molecule has 1 heterocycles. The summed E-state index contributed by atoms with van der Waals surface area (Å²) in [6, 6.07) is 1.24. The third-order valence-corrected chi connectivity index (χ3v) is 5.21. The molecule has 0 aromatic rings. The molecule has 0 bridgehead atoms. The first-order chi connectivity index (χ1) is 8.97. The molecule has 0 radical (unpaired) electrons. The lowest BCUT2D eigenvalue weighted by atomic mass is 9.76. The second-order valence-electron chi connectivity index (χ2n) is 7.77. The van der Waals surface area contributed by atoms with E-state index in [4.69, 9.17) is 4.74 Å². The Labute approximate surface area is 119 Å². The van der Waals surface area contributed by atoms with Crippen molar-refractivity contribution in [2.45, 2.75) is 90.8 Å². The highest BCUT2D eigenvalue weighted by molar-refractivity contribution is 4.85. The van der Waals surface area contributed by atoms with Crippen LogP contribution in [0, 0.1) is 11.3 Å². The fraction of sp³-hybridized carbons (Fsp3) is 1.00. The van der Waals surface area contributed by atoms with Crippen molar-refractivity contribution in [1.29, 1.82) is 0 Å². The average Bonchev–Trinajstić information content (AvgIpc) is 2.75. The molecule has 0 aromatic carbocycles. The van der Waals surface area contributed by atoms with Gasteiger partial charge >= 0.3 is 0 Å². The summed E-state index contributed by atoms with van der Waals surface area (Å²) in [6.07, 6.45) is 9.83. The molecule has 2 fully saturated rings. The molecule has 0 spiro atoms. The van der Waals surface area contributed by atoms with Gasteiger partial charge in [0.15, 0.2) is 0 Å². The third kappa shape index (κ3) is 4.46. The Morgan fingerprint density at radius 3 is 2.42 bits per heavy atom. The van der Waals surface area contributed by atoms with Gasteiger partial charge < -0.3 is 10.1 Å². The van der Waals surface area contributed by atoms with Gasteiger partial charge in [0.25, 0.3) is 0 Å². The minimum absolute atomic E-state index is 0.460. The van der Waals surface area contributed by atoms with E-state index in [1.165, 1.54) is 44.9 Å². The summed E-state index contributed by atoms with van der Waals surface area (Å²) in [4.78, 5) is 0. The highest BCUT2D eigenvalue weighted by Gasteiger charge is 2.29. The molecular formula is C17H33NO. The van der Waals surface area contributed by atoms with Gasteiger partial charge in [0.2, 0.25) is 0 Å². The minimum atomic E-state index is 0.460. The van der Waals surface area contributed by atoms with E-state index < -0.39 is 0 Å². The van der Waals surface area contributed by atoms with Crippen LogP contribution in [0.25, 0.3) is 0 Å². The lowest BCUT2D eigenvalue weighted by Gasteiger charge is -2.30. The fourth-order valence-electron chi connectivity index (χ4n) is 3.81. The van der Waals surface area contributed by atoms with E-state index in [1.54, 1.807) is 0 Å². The van der Waals surface area contributed by atoms with Crippen molar-refractivity contribution in [2.75, 3.05) is 6.61 Å². The van der Waals surface area contributed by atoms with E-state index in [1.807, 2.05) is 0 Å². The fourth-order valence-corrected chi connectivity index (χ4v) is 3.81. The van der Waals surface area contributed by atoms with Gasteiger partial charge in [0.05, 0.1) is 6.10 Å². The summed E-state index contributed by atoms with van der Waals surface area (Å²) in [7, 11) is 0. The van der Waals surface area contributed by atoms with Crippen LogP contribution >= 0.6 is 0 Å². The van der Waals surface area contributed by atoms with Crippen LogP contribution in [-0.4, -0.2) is 24.8 Å². The summed E-state index contributed by atoms with van der Waals surface area (Å²) in [5, 5.41) is 3.85. The second-order valence-corrected chi connectivity index (χ2v) is 7.77. The first-order valence-corrected chi connectivity index (χ1v) is 8.34. The molecule has 1 saturated heterocycles. The molecule has 1 N–H and O–H groups in total. The van der Waals surface area contributed by atoms with Gasteiger partial charge in [0.1, 0.15) is 0 Å². The summed E-state index contributed by atoms with van der Waals surface area (Å²) < 4.78 is 5.80. The smallest absolute Gasteiger partial charge is 0.0726 e. The number of hydrogen-bond acceptors (Lipinski definition) is 2. The van der Waals surface area contributed by atoms with Gasteiger partial charge in [-0.25, -0.2) is 0 Å². The number of ether oxygens (including phenoxy) is 1. The highest BCUT2D eigenvalue weighted by Crippen LogP contribution is 2.36. The molecule has 0 aromatic heterocycles. The minimum Gasteiger partial charge on any atom is -0.377 e. The van der Waals surface area contributed by atoms with Crippen LogP contribution in [0.3, 0.4) is 0 Å². The van der Waals surface area contributed by atoms with E-state index in [0.717, 1.165) is 12.5 Å². The maximum atomic E-state index is 5.80. The van der Waals surface area contributed by atoms with Crippen molar-refractivity contribution in [3.63, 3.8) is 0 Å². The van der Waals surface area contributed by atoms with Gasteiger partial charge in [-0.15, -0.1) is 0 Å². The molecule has 0 amide bonds. The molecule has 112 valence electrons. The van der Waals surface area contributed by atoms with Crippen LogP contribution in [-0.2, 0) is 4.74 Å². The molecular weight excluding hydrogens is 234 g/mol. The van der Waals surface area contributed by atoms with E-state index in [2.05, 4.69) is 33.0 Å². The summed E-state index contributed by atoms with van der Waals surface area (Å²) in [6.45, 7) is 10.5. The van der Waals surface area contributed by atoms with Crippen molar-refractivity contribution in [1.82, 2.24) is 5.32 Å². The van der Waals surface area contributed by atoms with E-state index >= 15 is 0 Å². The molecule has 1 aliphatic heterocycles. The second kappa shape index (κ2) is 6.58. The monoisotopic (exact) mass is 267 g/mol. The van der Waals surface area contributed by atoms with Crippen molar-refractivity contribution >= 4 is 0 Å². The Hall–Kier alpha value is -0.0800. The largest absolute Gasteiger partial charge is 0.377 e. The lowest BCUT2D eigenvalue weighted by molar-refractivity contribution is 0.0786. The van der Waals surface area contributed by atoms with E-state index in [0.29, 0.717) is 23.6 Å². The van der Waals surface area contributed by atoms with Crippen molar-refractivity contribution in [2.24, 2.45) is 11.3 Å². The van der Waals surface area contributed by atoms with Crippen LogP contribution in [0.2, 0.25) is 0 Å². The van der Waals surface area contributed by atoms with Crippen molar-refractivity contribution < 1.29 is 4.74 Å². The maximum Gasteiger partial charge on any atom is 0.0726 e. The quantitative estimate of drug-likeness (QED) is 0.776. The Kier molecular flexibility index (Phi) is 5.30. The topological polar surface area (TPSA) is 21.3 Å².